The van der Waals surface area contributed by atoms with Crippen LogP contribution < -0.4 is 0 Å². The minimum atomic E-state index is -0.884. The summed E-state index contributed by atoms with van der Waals surface area (Å²) >= 11 is 6.21. The first-order chi connectivity index (χ1) is 8.91. The zero-order valence-electron chi connectivity index (χ0n) is 11.6. The quantitative estimate of drug-likeness (QED) is 0.816. The molecule has 0 fully saturated rings. The van der Waals surface area contributed by atoms with Crippen molar-refractivity contribution in [3.8, 4) is 0 Å². The molecule has 6 heteroatoms. The summed E-state index contributed by atoms with van der Waals surface area (Å²) in [6.07, 6.45) is 3.48. The van der Waals surface area contributed by atoms with Crippen molar-refractivity contribution in [2.75, 3.05) is 6.26 Å². The van der Waals surface area contributed by atoms with Gasteiger partial charge in [0.1, 0.15) is 11.3 Å². The van der Waals surface area contributed by atoms with Crippen LogP contribution in [0.15, 0.2) is 12.3 Å². The molecule has 0 saturated carbocycles. The van der Waals surface area contributed by atoms with Crippen molar-refractivity contribution in [2.24, 2.45) is 0 Å². The lowest BCUT2D eigenvalue weighted by molar-refractivity contribution is 0.630. The fraction of sp³-hybridized carbons (Fsp3) is 0.538. The van der Waals surface area contributed by atoms with Crippen LogP contribution in [-0.2, 0) is 17.3 Å². The number of aromatic nitrogens is 3. The number of halogens is 1. The van der Waals surface area contributed by atoms with E-state index in [1.165, 1.54) is 0 Å². The van der Waals surface area contributed by atoms with Gasteiger partial charge in [-0.2, -0.15) is 0 Å². The summed E-state index contributed by atoms with van der Waals surface area (Å²) in [4.78, 5) is 8.99. The van der Waals surface area contributed by atoms with Crippen LogP contribution in [-0.4, -0.2) is 30.2 Å². The Labute approximate surface area is 120 Å². The third-order valence-electron chi connectivity index (χ3n) is 3.23. The summed E-state index contributed by atoms with van der Waals surface area (Å²) < 4.78 is 13.6. The standard InChI is InChI=1S/C13H18ClN3OS/c1-8-5-6-15-13-11(8)16-12(10(3)14)17(13)7-9(2)19(4)18/h5-6,9-10H,7H2,1-4H3. The molecule has 0 radical (unpaired) electrons. The van der Waals surface area contributed by atoms with E-state index in [1.807, 2.05) is 31.4 Å². The van der Waals surface area contributed by atoms with E-state index in [9.17, 15) is 4.21 Å². The third-order valence-corrected chi connectivity index (χ3v) is 4.70. The molecule has 2 heterocycles. The highest BCUT2D eigenvalue weighted by Gasteiger charge is 2.19. The van der Waals surface area contributed by atoms with E-state index in [0.717, 1.165) is 22.6 Å². The Hall–Kier alpha value is -0.940. The van der Waals surface area contributed by atoms with Crippen LogP contribution in [0.4, 0.5) is 0 Å². The van der Waals surface area contributed by atoms with Gasteiger partial charge in [0, 0.05) is 35.0 Å². The Kier molecular flexibility index (Phi) is 4.26. The van der Waals surface area contributed by atoms with Crippen LogP contribution in [0, 0.1) is 6.92 Å². The Balaban J connectivity index is 2.59. The maximum atomic E-state index is 11.6. The van der Waals surface area contributed by atoms with Gasteiger partial charge < -0.3 is 4.57 Å². The summed E-state index contributed by atoms with van der Waals surface area (Å²) in [6.45, 7) is 6.47. The summed E-state index contributed by atoms with van der Waals surface area (Å²) in [5, 5.41) is -0.167. The van der Waals surface area contributed by atoms with Crippen LogP contribution in [0.1, 0.15) is 30.6 Å². The van der Waals surface area contributed by atoms with Crippen molar-refractivity contribution >= 4 is 33.6 Å². The number of fused-ring (bicyclic) bond motifs is 1. The van der Waals surface area contributed by atoms with Gasteiger partial charge >= 0.3 is 0 Å². The molecule has 0 bridgehead atoms. The van der Waals surface area contributed by atoms with Crippen molar-refractivity contribution in [1.82, 2.24) is 14.5 Å². The highest BCUT2D eigenvalue weighted by Crippen LogP contribution is 2.25. The fourth-order valence-corrected chi connectivity index (χ4v) is 2.53. The van der Waals surface area contributed by atoms with E-state index < -0.39 is 10.8 Å². The number of hydrogen-bond donors (Lipinski definition) is 0. The monoisotopic (exact) mass is 299 g/mol. The van der Waals surface area contributed by atoms with E-state index in [4.69, 9.17) is 11.6 Å². The van der Waals surface area contributed by atoms with Crippen LogP contribution in [0.5, 0.6) is 0 Å². The molecule has 0 spiro atoms. The Morgan fingerprint density at radius 1 is 1.47 bits per heavy atom. The molecule has 3 atom stereocenters. The van der Waals surface area contributed by atoms with Gasteiger partial charge in [-0.3, -0.25) is 4.21 Å². The second kappa shape index (κ2) is 5.59. The SMILES string of the molecule is Cc1ccnc2c1nc(C(C)Cl)n2CC(C)S(C)=O. The van der Waals surface area contributed by atoms with Gasteiger partial charge in [-0.1, -0.05) is 0 Å². The number of alkyl halides is 1. The van der Waals surface area contributed by atoms with Gasteiger partial charge in [0.25, 0.3) is 0 Å². The summed E-state index contributed by atoms with van der Waals surface area (Å²) in [6, 6.07) is 1.93. The van der Waals surface area contributed by atoms with Crippen molar-refractivity contribution < 1.29 is 4.21 Å². The molecule has 0 aliphatic carbocycles. The molecule has 0 aliphatic heterocycles. The second-order valence-corrected chi connectivity index (χ2v) is 7.26. The first-order valence-corrected chi connectivity index (χ1v) is 8.25. The van der Waals surface area contributed by atoms with Crippen molar-refractivity contribution in [1.29, 1.82) is 0 Å². The number of nitrogens with zero attached hydrogens (tertiary/aromatic N) is 3. The number of rotatable bonds is 4. The lowest BCUT2D eigenvalue weighted by Gasteiger charge is -2.13. The lowest BCUT2D eigenvalue weighted by Crippen LogP contribution is -2.19. The minimum Gasteiger partial charge on any atom is -0.310 e. The lowest BCUT2D eigenvalue weighted by atomic mass is 10.3. The smallest absolute Gasteiger partial charge is 0.160 e. The van der Waals surface area contributed by atoms with Crippen molar-refractivity contribution in [3.05, 3.63) is 23.7 Å². The Bertz CT molecular complexity index is 624. The highest BCUT2D eigenvalue weighted by molar-refractivity contribution is 7.84. The predicted molar refractivity (Wildman–Crippen MR) is 80.1 cm³/mol. The molecule has 3 unspecified atom stereocenters. The molecular weight excluding hydrogens is 282 g/mol. The van der Waals surface area contributed by atoms with Crippen molar-refractivity contribution in [2.45, 2.75) is 37.9 Å². The average molecular weight is 300 g/mol. The van der Waals surface area contributed by atoms with Gasteiger partial charge in [0.05, 0.1) is 5.38 Å². The number of pyridine rings is 1. The van der Waals surface area contributed by atoms with E-state index in [2.05, 4.69) is 9.97 Å². The van der Waals surface area contributed by atoms with Crippen molar-refractivity contribution in [3.63, 3.8) is 0 Å². The molecule has 0 amide bonds. The van der Waals surface area contributed by atoms with Gasteiger partial charge in [0.15, 0.2) is 5.65 Å². The number of aryl methyl sites for hydroxylation is 1. The topological polar surface area (TPSA) is 47.8 Å². The molecule has 0 saturated heterocycles. The zero-order valence-corrected chi connectivity index (χ0v) is 13.1. The molecule has 4 nitrogen and oxygen atoms in total. The first-order valence-electron chi connectivity index (χ1n) is 6.19. The van der Waals surface area contributed by atoms with Gasteiger partial charge in [-0.15, -0.1) is 11.6 Å². The van der Waals surface area contributed by atoms with Gasteiger partial charge in [-0.25, -0.2) is 9.97 Å². The van der Waals surface area contributed by atoms with Crippen LogP contribution in [0.2, 0.25) is 0 Å². The van der Waals surface area contributed by atoms with E-state index >= 15 is 0 Å². The predicted octanol–water partition coefficient (Wildman–Crippen LogP) is 2.81. The van der Waals surface area contributed by atoms with Gasteiger partial charge in [0.2, 0.25) is 0 Å². The largest absolute Gasteiger partial charge is 0.310 e. The maximum Gasteiger partial charge on any atom is 0.160 e. The molecule has 2 aromatic rings. The normalized spacial score (nSPS) is 16.5. The van der Waals surface area contributed by atoms with E-state index in [0.29, 0.717) is 6.54 Å². The Morgan fingerprint density at radius 2 is 2.16 bits per heavy atom. The molecule has 0 aromatic carbocycles. The summed E-state index contributed by atoms with van der Waals surface area (Å²) in [5.74, 6) is 0.788. The zero-order chi connectivity index (χ0) is 14.2. The summed E-state index contributed by atoms with van der Waals surface area (Å²) in [5.41, 5.74) is 2.77. The van der Waals surface area contributed by atoms with E-state index in [-0.39, 0.29) is 10.6 Å². The molecule has 0 N–H and O–H groups in total. The molecular formula is C13H18ClN3OS. The average Bonchev–Trinajstić information content (AvgIpc) is 2.70. The fourth-order valence-electron chi connectivity index (χ4n) is 2.00. The molecule has 0 aliphatic rings. The molecule has 19 heavy (non-hydrogen) atoms. The van der Waals surface area contributed by atoms with E-state index in [1.54, 1.807) is 12.5 Å². The second-order valence-electron chi connectivity index (χ2n) is 4.81. The van der Waals surface area contributed by atoms with Gasteiger partial charge in [-0.05, 0) is 32.4 Å². The molecule has 104 valence electrons. The van der Waals surface area contributed by atoms with Crippen LogP contribution >= 0.6 is 11.6 Å². The highest BCUT2D eigenvalue weighted by atomic mass is 35.5. The first kappa shape index (κ1) is 14.5. The number of hydrogen-bond acceptors (Lipinski definition) is 3. The number of imidazole rings is 1. The maximum absolute atomic E-state index is 11.6. The summed E-state index contributed by atoms with van der Waals surface area (Å²) in [7, 11) is -0.884. The third kappa shape index (κ3) is 2.82. The minimum absolute atomic E-state index is 0.0360. The van der Waals surface area contributed by atoms with Crippen LogP contribution in [0.3, 0.4) is 0 Å². The Morgan fingerprint density at radius 3 is 2.74 bits per heavy atom. The molecule has 2 aromatic heterocycles. The van der Waals surface area contributed by atoms with Crippen LogP contribution in [0.25, 0.3) is 11.2 Å². The molecule has 2 rings (SSSR count).